The molecule has 0 bridgehead atoms. The fourth-order valence-corrected chi connectivity index (χ4v) is 2.78. The summed E-state index contributed by atoms with van der Waals surface area (Å²) in [7, 11) is 0. The smallest absolute Gasteiger partial charge is 0.0889 e. The molecule has 0 unspecified atom stereocenters. The molecule has 2 heteroatoms. The molecule has 1 nitrogen and oxygen atoms in total. The highest BCUT2D eigenvalue weighted by Gasteiger charge is 2.27. The second-order valence-corrected chi connectivity index (χ2v) is 4.79. The maximum atomic E-state index is 3.70. The highest BCUT2D eigenvalue weighted by molar-refractivity contribution is 9.10. The lowest BCUT2D eigenvalue weighted by molar-refractivity contribution is 0.755. The van der Waals surface area contributed by atoms with Crippen LogP contribution in [-0.2, 0) is 0 Å². The number of hydrogen-bond acceptors (Lipinski definition) is 0. The number of benzene rings is 1. The van der Waals surface area contributed by atoms with Crippen molar-refractivity contribution < 1.29 is 0 Å². The van der Waals surface area contributed by atoms with Crippen molar-refractivity contribution in [3.63, 3.8) is 0 Å². The molecule has 0 atom stereocenters. The van der Waals surface area contributed by atoms with E-state index in [9.17, 15) is 0 Å². The highest BCUT2D eigenvalue weighted by atomic mass is 79.9. The van der Waals surface area contributed by atoms with Crippen molar-refractivity contribution in [1.29, 1.82) is 0 Å². The van der Waals surface area contributed by atoms with Crippen LogP contribution < -0.4 is 0 Å². The summed E-state index contributed by atoms with van der Waals surface area (Å²) < 4.78 is 3.70. The van der Waals surface area contributed by atoms with E-state index in [2.05, 4.69) is 51.7 Å². The monoisotopic (exact) mass is 249 g/mol. The second kappa shape index (κ2) is 2.86. The molecule has 1 aliphatic rings. The number of halogens is 1. The van der Waals surface area contributed by atoms with Gasteiger partial charge in [-0.15, -0.1) is 0 Å². The molecule has 1 aliphatic carbocycles. The van der Waals surface area contributed by atoms with E-state index < -0.39 is 0 Å². The first-order valence-electron chi connectivity index (χ1n) is 5.04. The van der Waals surface area contributed by atoms with Gasteiger partial charge in [0, 0.05) is 16.9 Å². The van der Waals surface area contributed by atoms with Crippen LogP contribution in [0.15, 0.2) is 28.9 Å². The highest BCUT2D eigenvalue weighted by Crippen LogP contribution is 2.42. The number of hydrogen-bond donors (Lipinski definition) is 0. The zero-order chi connectivity index (χ0) is 9.71. The van der Waals surface area contributed by atoms with Gasteiger partial charge in [-0.05, 0) is 47.3 Å². The zero-order valence-electron chi connectivity index (χ0n) is 8.13. The molecule has 0 N–H and O–H groups in total. The average molecular weight is 250 g/mol. The molecule has 14 heavy (non-hydrogen) atoms. The van der Waals surface area contributed by atoms with Crippen LogP contribution in [0.25, 0.3) is 10.9 Å². The van der Waals surface area contributed by atoms with Gasteiger partial charge < -0.3 is 4.57 Å². The second-order valence-electron chi connectivity index (χ2n) is 4.03. The number of fused-ring (bicyclic) bond motifs is 1. The predicted octanol–water partition coefficient (Wildman–Crippen LogP) is 4.05. The topological polar surface area (TPSA) is 4.93 Å². The van der Waals surface area contributed by atoms with E-state index in [1.165, 1.54) is 33.9 Å². The van der Waals surface area contributed by atoms with E-state index in [1.54, 1.807) is 0 Å². The number of rotatable bonds is 1. The van der Waals surface area contributed by atoms with Crippen molar-refractivity contribution in [3.05, 3.63) is 34.4 Å². The fraction of sp³-hybridized carbons (Fsp3) is 0.333. The van der Waals surface area contributed by atoms with E-state index >= 15 is 0 Å². The molecule has 0 radical (unpaired) electrons. The molecule has 72 valence electrons. The largest absolute Gasteiger partial charge is 0.332 e. The lowest BCUT2D eigenvalue weighted by Gasteiger charge is -2.03. The molecule has 0 spiro atoms. The molecule has 0 amide bonds. The van der Waals surface area contributed by atoms with Crippen LogP contribution in [0, 0.1) is 6.92 Å². The van der Waals surface area contributed by atoms with Gasteiger partial charge in [-0.3, -0.25) is 0 Å². The molecule has 2 aromatic rings. The first-order valence-corrected chi connectivity index (χ1v) is 5.83. The molecule has 1 fully saturated rings. The fourth-order valence-electron chi connectivity index (χ4n) is 2.09. The van der Waals surface area contributed by atoms with Gasteiger partial charge in [0.05, 0.1) is 4.60 Å². The van der Waals surface area contributed by atoms with Gasteiger partial charge in [-0.1, -0.05) is 18.2 Å². The number of aromatic nitrogens is 1. The minimum absolute atomic E-state index is 0.739. The van der Waals surface area contributed by atoms with E-state index in [0.29, 0.717) is 0 Å². The molecular weight excluding hydrogens is 238 g/mol. The van der Waals surface area contributed by atoms with Crippen LogP contribution in [0.1, 0.15) is 24.4 Å². The third-order valence-corrected chi connectivity index (χ3v) is 3.98. The lowest BCUT2D eigenvalue weighted by atomic mass is 10.2. The van der Waals surface area contributed by atoms with Gasteiger partial charge in [-0.25, -0.2) is 0 Å². The van der Waals surface area contributed by atoms with Gasteiger partial charge >= 0.3 is 0 Å². The SMILES string of the molecule is Cc1c(Br)n(C2CC2)c2ccccc12. The first-order chi connectivity index (χ1) is 6.79. The molecule has 1 heterocycles. The summed E-state index contributed by atoms with van der Waals surface area (Å²) in [4.78, 5) is 0. The van der Waals surface area contributed by atoms with Crippen molar-refractivity contribution in [3.8, 4) is 0 Å². The quantitative estimate of drug-likeness (QED) is 0.719. The predicted molar refractivity (Wildman–Crippen MR) is 62.6 cm³/mol. The van der Waals surface area contributed by atoms with Crippen LogP contribution in [0.2, 0.25) is 0 Å². The Balaban J connectivity index is 2.40. The summed E-state index contributed by atoms with van der Waals surface area (Å²) >= 11 is 3.70. The van der Waals surface area contributed by atoms with Gasteiger partial charge in [0.25, 0.3) is 0 Å². The Morgan fingerprint density at radius 3 is 2.71 bits per heavy atom. The molecular formula is C12H12BrN. The molecule has 0 aliphatic heterocycles. The van der Waals surface area contributed by atoms with Gasteiger partial charge in [0.15, 0.2) is 0 Å². The first kappa shape index (κ1) is 8.54. The van der Waals surface area contributed by atoms with E-state index in [4.69, 9.17) is 0 Å². The number of aryl methyl sites for hydroxylation is 1. The van der Waals surface area contributed by atoms with Crippen molar-refractivity contribution in [2.24, 2.45) is 0 Å². The van der Waals surface area contributed by atoms with Gasteiger partial charge in [0.1, 0.15) is 0 Å². The van der Waals surface area contributed by atoms with Crippen LogP contribution in [0.5, 0.6) is 0 Å². The standard InChI is InChI=1S/C12H12BrN/c1-8-10-4-2-3-5-11(10)14(12(8)13)9-6-7-9/h2-5,9H,6-7H2,1H3. The minimum atomic E-state index is 0.739. The zero-order valence-corrected chi connectivity index (χ0v) is 9.71. The third-order valence-electron chi connectivity index (χ3n) is 3.00. The van der Waals surface area contributed by atoms with E-state index in [-0.39, 0.29) is 0 Å². The lowest BCUT2D eigenvalue weighted by Crippen LogP contribution is -1.92. The molecule has 1 aromatic heterocycles. The Morgan fingerprint density at radius 2 is 2.00 bits per heavy atom. The maximum absolute atomic E-state index is 3.70. The summed E-state index contributed by atoms with van der Waals surface area (Å²) in [5.41, 5.74) is 2.74. The van der Waals surface area contributed by atoms with Crippen molar-refractivity contribution in [2.75, 3.05) is 0 Å². The maximum Gasteiger partial charge on any atom is 0.0889 e. The molecule has 1 saturated carbocycles. The van der Waals surface area contributed by atoms with Crippen molar-refractivity contribution in [2.45, 2.75) is 25.8 Å². The van der Waals surface area contributed by atoms with Crippen molar-refractivity contribution >= 4 is 26.8 Å². The molecule has 0 saturated heterocycles. The number of para-hydroxylation sites is 1. The Hall–Kier alpha value is -0.760. The Bertz CT molecular complexity index is 494. The van der Waals surface area contributed by atoms with Gasteiger partial charge in [0.2, 0.25) is 0 Å². The van der Waals surface area contributed by atoms with E-state index in [1.807, 2.05) is 0 Å². The summed E-state index contributed by atoms with van der Waals surface area (Å²) in [6, 6.07) is 9.38. The third kappa shape index (κ3) is 1.07. The molecule has 1 aromatic carbocycles. The summed E-state index contributed by atoms with van der Waals surface area (Å²) in [5, 5.41) is 1.38. The van der Waals surface area contributed by atoms with Crippen LogP contribution in [0.4, 0.5) is 0 Å². The summed E-state index contributed by atoms with van der Waals surface area (Å²) in [6.07, 6.45) is 2.66. The van der Waals surface area contributed by atoms with Crippen LogP contribution in [0.3, 0.4) is 0 Å². The summed E-state index contributed by atoms with van der Waals surface area (Å²) in [6.45, 7) is 2.19. The number of nitrogens with zero attached hydrogens (tertiary/aromatic N) is 1. The Kier molecular flexibility index (Phi) is 1.75. The van der Waals surface area contributed by atoms with E-state index in [0.717, 1.165) is 6.04 Å². The molecule has 3 rings (SSSR count). The summed E-state index contributed by atoms with van der Waals surface area (Å²) in [5.74, 6) is 0. The Morgan fingerprint density at radius 1 is 1.29 bits per heavy atom. The average Bonchev–Trinajstić information content (AvgIpc) is 2.99. The van der Waals surface area contributed by atoms with Crippen LogP contribution >= 0.6 is 15.9 Å². The van der Waals surface area contributed by atoms with Crippen LogP contribution in [-0.4, -0.2) is 4.57 Å². The normalized spacial score (nSPS) is 16.4. The Labute approximate surface area is 91.9 Å². The minimum Gasteiger partial charge on any atom is -0.332 e. The van der Waals surface area contributed by atoms with Crippen molar-refractivity contribution in [1.82, 2.24) is 4.57 Å². The van der Waals surface area contributed by atoms with Gasteiger partial charge in [-0.2, -0.15) is 0 Å².